The highest BCUT2D eigenvalue weighted by atomic mass is 32.2. The molecule has 0 aliphatic carbocycles. The fourth-order valence-electron chi connectivity index (χ4n) is 3.51. The molecule has 1 heterocycles. The number of nitrogens with one attached hydrogen (secondary N) is 3. The Kier molecular flexibility index (Phi) is 10.5. The molecule has 0 fully saturated rings. The van der Waals surface area contributed by atoms with Crippen LogP contribution in [0.5, 0.6) is 0 Å². The van der Waals surface area contributed by atoms with Crippen molar-refractivity contribution in [3.63, 3.8) is 0 Å². The van der Waals surface area contributed by atoms with Gasteiger partial charge in [-0.25, -0.2) is 18.6 Å². The van der Waals surface area contributed by atoms with E-state index >= 15 is 0 Å². The fourth-order valence-corrected chi connectivity index (χ4v) is 4.87. The first-order chi connectivity index (χ1) is 16.0. The Morgan fingerprint density at radius 1 is 1.12 bits per heavy atom. The van der Waals surface area contributed by atoms with Gasteiger partial charge in [-0.1, -0.05) is 45.4 Å². The van der Waals surface area contributed by atoms with Crippen molar-refractivity contribution in [3.8, 4) is 0 Å². The number of hydrogen-bond donors (Lipinski definition) is 4. The van der Waals surface area contributed by atoms with Crippen LogP contribution in [-0.4, -0.2) is 44.2 Å². The van der Waals surface area contributed by atoms with Crippen molar-refractivity contribution < 1.29 is 28.2 Å². The molecule has 1 amide bonds. The van der Waals surface area contributed by atoms with Gasteiger partial charge < -0.3 is 10.1 Å². The summed E-state index contributed by atoms with van der Waals surface area (Å²) in [6.45, 7) is 10.3. The molecule has 34 heavy (non-hydrogen) atoms. The van der Waals surface area contributed by atoms with Crippen molar-refractivity contribution in [1.29, 1.82) is 0 Å². The first kappa shape index (κ1) is 27.8. The molecule has 11 heteroatoms. The van der Waals surface area contributed by atoms with Crippen LogP contribution in [0.4, 0.5) is 5.69 Å². The monoisotopic (exact) mass is 496 g/mol. The van der Waals surface area contributed by atoms with E-state index < -0.39 is 21.9 Å². The van der Waals surface area contributed by atoms with Crippen molar-refractivity contribution in [1.82, 2.24) is 15.3 Å². The Balaban J connectivity index is 1.95. The molecule has 0 aromatic heterocycles. The SMILES string of the molecule is CCOC(=O)C(CC(C)C)C(=O)Nc1ccc(CN2N[NH2+]C=C2CNS(=O)(=O)CC(C)C)cc1. The number of quaternary nitrogens is 1. The molecule has 1 unspecified atom stereocenters. The van der Waals surface area contributed by atoms with Gasteiger partial charge in [0.05, 0.1) is 25.4 Å². The molecule has 10 nitrogen and oxygen atoms in total. The molecule has 1 aliphatic heterocycles. The molecule has 1 aromatic carbocycles. The van der Waals surface area contributed by atoms with Crippen LogP contribution in [0.3, 0.4) is 0 Å². The number of hydrogen-bond acceptors (Lipinski definition) is 7. The summed E-state index contributed by atoms with van der Waals surface area (Å²) >= 11 is 0. The number of carbonyl (C=O) groups is 2. The van der Waals surface area contributed by atoms with Crippen LogP contribution in [0.15, 0.2) is 36.2 Å². The molecule has 2 rings (SSSR count). The second kappa shape index (κ2) is 12.8. The van der Waals surface area contributed by atoms with Gasteiger partial charge >= 0.3 is 5.97 Å². The van der Waals surface area contributed by atoms with E-state index in [9.17, 15) is 18.0 Å². The van der Waals surface area contributed by atoms with Crippen molar-refractivity contribution in [3.05, 3.63) is 41.7 Å². The van der Waals surface area contributed by atoms with E-state index in [0.717, 1.165) is 11.3 Å². The lowest BCUT2D eigenvalue weighted by Crippen LogP contribution is -2.87. The highest BCUT2D eigenvalue weighted by Crippen LogP contribution is 2.18. The van der Waals surface area contributed by atoms with Gasteiger partial charge in [-0.3, -0.25) is 14.6 Å². The quantitative estimate of drug-likeness (QED) is 0.182. The molecule has 1 aliphatic rings. The number of esters is 1. The highest BCUT2D eigenvalue weighted by Gasteiger charge is 2.29. The van der Waals surface area contributed by atoms with Crippen LogP contribution >= 0.6 is 0 Å². The number of nitrogens with zero attached hydrogens (tertiary/aromatic N) is 1. The predicted molar refractivity (Wildman–Crippen MR) is 130 cm³/mol. The van der Waals surface area contributed by atoms with Gasteiger partial charge in [0.25, 0.3) is 0 Å². The number of amides is 1. The van der Waals surface area contributed by atoms with Crippen LogP contribution in [0.1, 0.15) is 46.6 Å². The minimum Gasteiger partial charge on any atom is -0.465 e. The number of anilines is 1. The summed E-state index contributed by atoms with van der Waals surface area (Å²) < 4.78 is 31.9. The highest BCUT2D eigenvalue weighted by molar-refractivity contribution is 7.89. The Morgan fingerprint density at radius 3 is 2.38 bits per heavy atom. The number of benzene rings is 1. The number of rotatable bonds is 13. The summed E-state index contributed by atoms with van der Waals surface area (Å²) in [4.78, 5) is 24.9. The standard InChI is InChI=1S/C23H37N5O5S/c1-6-33-23(30)21(11-16(2)3)22(29)26-19-9-7-18(8-10-19)14-28-20(12-24-27-28)13-25-34(31,32)15-17(4)5/h7-10,12,16-17,21,24-25,27H,6,11,13-15H2,1-5H3,(H,26,29)/p+1. The molecular formula is C23H38N5O5S+. The average molecular weight is 497 g/mol. The number of nitrogens with two attached hydrogens (primary N) is 1. The van der Waals surface area contributed by atoms with E-state index in [4.69, 9.17) is 4.74 Å². The molecule has 0 radical (unpaired) electrons. The molecule has 0 spiro atoms. The van der Waals surface area contributed by atoms with Gasteiger partial charge in [0.2, 0.25) is 15.9 Å². The lowest BCUT2D eigenvalue weighted by Gasteiger charge is -2.20. The first-order valence-corrected chi connectivity index (χ1v) is 13.3. The molecule has 0 saturated heterocycles. The molecule has 5 N–H and O–H groups in total. The Morgan fingerprint density at radius 2 is 1.79 bits per heavy atom. The van der Waals surface area contributed by atoms with Crippen LogP contribution in [0, 0.1) is 17.8 Å². The summed E-state index contributed by atoms with van der Waals surface area (Å²) in [7, 11) is -3.34. The Hall–Kier alpha value is -2.47. The van der Waals surface area contributed by atoms with Gasteiger partial charge in [-0.15, -0.1) is 0 Å². The molecular weight excluding hydrogens is 458 g/mol. The average Bonchev–Trinajstić information content (AvgIpc) is 3.18. The van der Waals surface area contributed by atoms with Crippen molar-refractivity contribution >= 4 is 27.6 Å². The first-order valence-electron chi connectivity index (χ1n) is 11.6. The second-order valence-electron chi connectivity index (χ2n) is 9.16. The predicted octanol–water partition coefficient (Wildman–Crippen LogP) is 1.07. The second-order valence-corrected chi connectivity index (χ2v) is 11.0. The zero-order valence-corrected chi connectivity index (χ0v) is 21.4. The topological polar surface area (TPSA) is 133 Å². The number of hydrazine groups is 1. The molecule has 0 saturated carbocycles. The number of carbonyl (C=O) groups excluding carboxylic acids is 2. The van der Waals surface area contributed by atoms with Gasteiger partial charge in [0.15, 0.2) is 0 Å². The van der Waals surface area contributed by atoms with E-state index in [2.05, 4.69) is 15.6 Å². The lowest BCUT2D eigenvalue weighted by atomic mass is 9.96. The van der Waals surface area contributed by atoms with E-state index in [1.54, 1.807) is 24.5 Å². The maximum Gasteiger partial charge on any atom is 0.318 e. The van der Waals surface area contributed by atoms with E-state index in [-0.39, 0.29) is 36.6 Å². The smallest absolute Gasteiger partial charge is 0.318 e. The summed E-state index contributed by atoms with van der Waals surface area (Å²) in [5.74, 6) is -1.44. The molecule has 0 bridgehead atoms. The van der Waals surface area contributed by atoms with Crippen LogP contribution in [0.25, 0.3) is 0 Å². The largest absolute Gasteiger partial charge is 0.465 e. The lowest BCUT2D eigenvalue weighted by molar-refractivity contribution is -0.661. The fraction of sp³-hybridized carbons (Fsp3) is 0.565. The number of ether oxygens (including phenoxy) is 1. The van der Waals surface area contributed by atoms with Gasteiger partial charge in [-0.05, 0) is 42.9 Å². The Labute approximate surface area is 202 Å². The van der Waals surface area contributed by atoms with E-state index in [1.165, 1.54) is 0 Å². The van der Waals surface area contributed by atoms with E-state index in [0.29, 0.717) is 18.7 Å². The third kappa shape index (κ3) is 9.05. The third-order valence-corrected chi connectivity index (χ3v) is 6.73. The van der Waals surface area contributed by atoms with Gasteiger partial charge in [0, 0.05) is 5.69 Å². The maximum absolute atomic E-state index is 12.7. The molecule has 190 valence electrons. The number of sulfonamides is 1. The zero-order valence-electron chi connectivity index (χ0n) is 20.6. The van der Waals surface area contributed by atoms with Crippen molar-refractivity contribution in [2.45, 2.75) is 47.6 Å². The minimum atomic E-state index is -3.34. The summed E-state index contributed by atoms with van der Waals surface area (Å²) in [6, 6.07) is 7.30. The van der Waals surface area contributed by atoms with Crippen LogP contribution in [-0.2, 0) is 30.9 Å². The van der Waals surface area contributed by atoms with Crippen LogP contribution in [0.2, 0.25) is 0 Å². The zero-order chi connectivity index (χ0) is 25.3. The minimum absolute atomic E-state index is 0.0489. The third-order valence-electron chi connectivity index (χ3n) is 5.04. The van der Waals surface area contributed by atoms with Crippen molar-refractivity contribution in [2.75, 3.05) is 24.2 Å². The van der Waals surface area contributed by atoms with Gasteiger partial charge in [-0.2, -0.15) is 0 Å². The summed E-state index contributed by atoms with van der Waals surface area (Å²) in [6.07, 6.45) is 2.24. The molecule has 1 aromatic rings. The normalized spacial score (nSPS) is 14.9. The van der Waals surface area contributed by atoms with Gasteiger partial charge in [0.1, 0.15) is 17.8 Å². The summed E-state index contributed by atoms with van der Waals surface area (Å²) in [5, 5.41) is 4.66. The molecule has 1 atom stereocenters. The maximum atomic E-state index is 12.7. The summed E-state index contributed by atoms with van der Waals surface area (Å²) in [5.41, 5.74) is 7.20. The van der Waals surface area contributed by atoms with E-state index in [1.807, 2.05) is 51.0 Å². The van der Waals surface area contributed by atoms with Crippen molar-refractivity contribution in [2.24, 2.45) is 17.8 Å². The Bertz CT molecular complexity index is 960. The van der Waals surface area contributed by atoms with Crippen LogP contribution < -0.4 is 21.0 Å².